The normalized spacial score (nSPS) is 25.0. The fraction of sp³-hybridized carbons (Fsp3) is 0.562. The number of hydrazone groups is 1. The van der Waals surface area contributed by atoms with Gasteiger partial charge in [0.25, 0.3) is 0 Å². The van der Waals surface area contributed by atoms with Gasteiger partial charge in [0, 0.05) is 24.1 Å². The van der Waals surface area contributed by atoms with Crippen molar-refractivity contribution in [2.75, 3.05) is 0 Å². The summed E-state index contributed by atoms with van der Waals surface area (Å²) in [5.74, 6) is 0.108. The minimum absolute atomic E-state index is 0.161. The van der Waals surface area contributed by atoms with Gasteiger partial charge in [-0.3, -0.25) is 19.9 Å². The minimum atomic E-state index is -0.236. The lowest BCUT2D eigenvalue weighted by molar-refractivity contribution is -0.125. The Labute approximate surface area is 125 Å². The summed E-state index contributed by atoms with van der Waals surface area (Å²) in [4.78, 5) is 21.6. The molecule has 2 rings (SSSR count). The Kier molecular flexibility index (Phi) is 4.94. The lowest BCUT2D eigenvalue weighted by atomic mass is 9.88. The summed E-state index contributed by atoms with van der Waals surface area (Å²) < 4.78 is 0. The van der Waals surface area contributed by atoms with Crippen LogP contribution < -0.4 is 5.32 Å². The van der Waals surface area contributed by atoms with Gasteiger partial charge in [0.1, 0.15) is 0 Å². The molecule has 1 aliphatic heterocycles. The summed E-state index contributed by atoms with van der Waals surface area (Å²) in [5.41, 5.74) is 2.48. The van der Waals surface area contributed by atoms with Crippen LogP contribution in [0.25, 0.3) is 0 Å². The molecular formula is C16H23N3O2. The molecule has 0 aromatic rings. The van der Waals surface area contributed by atoms with E-state index in [4.69, 9.17) is 0 Å². The van der Waals surface area contributed by atoms with Crippen LogP contribution in [0.3, 0.4) is 0 Å². The molecule has 114 valence electrons. The van der Waals surface area contributed by atoms with Gasteiger partial charge >= 0.3 is 0 Å². The molecule has 5 nitrogen and oxygen atoms in total. The van der Waals surface area contributed by atoms with E-state index < -0.39 is 0 Å². The highest BCUT2D eigenvalue weighted by atomic mass is 16.2. The molecule has 0 saturated carbocycles. The van der Waals surface area contributed by atoms with Gasteiger partial charge in [-0.05, 0) is 26.7 Å². The van der Waals surface area contributed by atoms with Crippen LogP contribution in [0, 0.1) is 5.92 Å². The Hall–Kier alpha value is -1.91. The van der Waals surface area contributed by atoms with Crippen LogP contribution in [0.1, 0.15) is 40.0 Å². The predicted molar refractivity (Wildman–Crippen MR) is 82.6 cm³/mol. The number of amides is 2. The highest BCUT2D eigenvalue weighted by molar-refractivity contribution is 5.89. The first-order valence-electron chi connectivity index (χ1n) is 7.52. The van der Waals surface area contributed by atoms with Crippen LogP contribution in [0.2, 0.25) is 0 Å². The van der Waals surface area contributed by atoms with Crippen molar-refractivity contribution >= 4 is 18.0 Å². The van der Waals surface area contributed by atoms with E-state index in [-0.39, 0.29) is 18.0 Å². The highest BCUT2D eigenvalue weighted by Gasteiger charge is 2.35. The summed E-state index contributed by atoms with van der Waals surface area (Å²) in [6.45, 7) is 6.29. The van der Waals surface area contributed by atoms with Crippen molar-refractivity contribution in [1.29, 1.82) is 0 Å². The van der Waals surface area contributed by atoms with Gasteiger partial charge < -0.3 is 0 Å². The first kappa shape index (κ1) is 15.5. The highest BCUT2D eigenvalue weighted by Crippen LogP contribution is 2.32. The summed E-state index contributed by atoms with van der Waals surface area (Å²) in [5, 5.41) is 8.94. The van der Waals surface area contributed by atoms with Crippen molar-refractivity contribution in [3.05, 3.63) is 23.8 Å². The third kappa shape index (κ3) is 3.40. The van der Waals surface area contributed by atoms with E-state index in [1.807, 2.05) is 0 Å². The van der Waals surface area contributed by atoms with Crippen LogP contribution in [-0.2, 0) is 9.59 Å². The lowest BCUT2D eigenvalue weighted by Crippen LogP contribution is -2.38. The van der Waals surface area contributed by atoms with Crippen LogP contribution in [0.15, 0.2) is 28.9 Å². The number of carbonyl (C=O) groups excluding carboxylic acids is 2. The molecule has 0 bridgehead atoms. The quantitative estimate of drug-likeness (QED) is 0.761. The Bertz CT molecular complexity index is 508. The number of imide groups is 1. The van der Waals surface area contributed by atoms with Gasteiger partial charge in [-0.15, -0.1) is 0 Å². The maximum Gasteiger partial charge on any atom is 0.226 e. The predicted octanol–water partition coefficient (Wildman–Crippen LogP) is 2.01. The van der Waals surface area contributed by atoms with Gasteiger partial charge in [0.2, 0.25) is 12.3 Å². The summed E-state index contributed by atoms with van der Waals surface area (Å²) >= 11 is 0. The summed E-state index contributed by atoms with van der Waals surface area (Å²) in [6.07, 6.45) is 9.17. The van der Waals surface area contributed by atoms with Crippen molar-refractivity contribution in [3.8, 4) is 0 Å². The van der Waals surface area contributed by atoms with E-state index in [1.165, 1.54) is 5.57 Å². The molecule has 3 unspecified atom stereocenters. The van der Waals surface area contributed by atoms with Crippen LogP contribution in [-0.4, -0.2) is 35.1 Å². The molecule has 2 amide bonds. The number of allylic oxidation sites excluding steroid dienone is 2. The molecule has 0 radical (unpaired) electrons. The van der Waals surface area contributed by atoms with E-state index in [2.05, 4.69) is 54.4 Å². The second-order valence-corrected chi connectivity index (χ2v) is 5.67. The van der Waals surface area contributed by atoms with Crippen molar-refractivity contribution in [3.63, 3.8) is 0 Å². The van der Waals surface area contributed by atoms with E-state index in [0.29, 0.717) is 25.2 Å². The third-order valence-corrected chi connectivity index (χ3v) is 4.20. The molecule has 5 heteroatoms. The monoisotopic (exact) mass is 289 g/mol. The zero-order valence-corrected chi connectivity index (χ0v) is 12.9. The Morgan fingerprint density at radius 3 is 3.00 bits per heavy atom. The first-order chi connectivity index (χ1) is 10.1. The van der Waals surface area contributed by atoms with Crippen LogP contribution in [0.4, 0.5) is 0 Å². The van der Waals surface area contributed by atoms with Crippen molar-refractivity contribution < 1.29 is 9.59 Å². The van der Waals surface area contributed by atoms with Crippen LogP contribution >= 0.6 is 0 Å². The third-order valence-electron chi connectivity index (χ3n) is 4.20. The number of nitrogens with one attached hydrogen (secondary N) is 1. The number of rotatable bonds is 6. The molecule has 21 heavy (non-hydrogen) atoms. The second kappa shape index (κ2) is 6.70. The fourth-order valence-electron chi connectivity index (χ4n) is 2.90. The summed E-state index contributed by atoms with van der Waals surface area (Å²) in [6, 6.07) is 0.415. The smallest absolute Gasteiger partial charge is 0.226 e. The molecule has 0 fully saturated rings. The molecule has 0 spiro atoms. The molecule has 2 aliphatic rings. The number of carbonyl (C=O) groups is 2. The van der Waals surface area contributed by atoms with E-state index in [0.717, 1.165) is 12.1 Å². The molecular weight excluding hydrogens is 266 g/mol. The Morgan fingerprint density at radius 1 is 1.57 bits per heavy atom. The van der Waals surface area contributed by atoms with Gasteiger partial charge in [-0.1, -0.05) is 30.7 Å². The fourth-order valence-corrected chi connectivity index (χ4v) is 2.90. The second-order valence-electron chi connectivity index (χ2n) is 5.67. The Balaban J connectivity index is 1.99. The number of hydrogen-bond acceptors (Lipinski definition) is 4. The van der Waals surface area contributed by atoms with Gasteiger partial charge in [0.05, 0.1) is 6.04 Å². The number of nitrogens with zero attached hydrogens (tertiary/aromatic N) is 2. The average molecular weight is 289 g/mol. The molecule has 1 heterocycles. The maximum absolute atomic E-state index is 11.4. The zero-order chi connectivity index (χ0) is 15.4. The van der Waals surface area contributed by atoms with E-state index in [1.54, 1.807) is 0 Å². The Morgan fingerprint density at radius 2 is 2.33 bits per heavy atom. The zero-order valence-electron chi connectivity index (χ0n) is 12.9. The first-order valence-corrected chi connectivity index (χ1v) is 7.52. The van der Waals surface area contributed by atoms with Crippen molar-refractivity contribution in [2.45, 2.75) is 52.1 Å². The summed E-state index contributed by atoms with van der Waals surface area (Å²) in [7, 11) is 0. The average Bonchev–Trinajstić information content (AvgIpc) is 2.82. The largest absolute Gasteiger partial charge is 0.299 e. The molecule has 0 saturated heterocycles. The lowest BCUT2D eigenvalue weighted by Gasteiger charge is -2.31. The molecule has 3 atom stereocenters. The molecule has 0 aromatic carbocycles. The number of hydrogen-bond donors (Lipinski definition) is 1. The SMILES string of the molecule is CCC1=CC2C(C)=NN(C(C)CCC(=O)NC=O)C2C=C1. The van der Waals surface area contributed by atoms with Crippen molar-refractivity contribution in [1.82, 2.24) is 10.3 Å². The van der Waals surface area contributed by atoms with Crippen LogP contribution in [0.5, 0.6) is 0 Å². The topological polar surface area (TPSA) is 61.8 Å². The van der Waals surface area contributed by atoms with Gasteiger partial charge in [-0.25, -0.2) is 0 Å². The molecule has 0 aromatic heterocycles. The molecule has 1 N–H and O–H groups in total. The van der Waals surface area contributed by atoms with Gasteiger partial charge in [-0.2, -0.15) is 5.10 Å². The van der Waals surface area contributed by atoms with E-state index >= 15 is 0 Å². The van der Waals surface area contributed by atoms with Crippen molar-refractivity contribution in [2.24, 2.45) is 11.0 Å². The molecule has 1 aliphatic carbocycles. The van der Waals surface area contributed by atoms with Gasteiger partial charge in [0.15, 0.2) is 0 Å². The van der Waals surface area contributed by atoms with E-state index in [9.17, 15) is 9.59 Å². The number of fused-ring (bicyclic) bond motifs is 1. The maximum atomic E-state index is 11.4. The minimum Gasteiger partial charge on any atom is -0.299 e. The standard InChI is InChI=1S/C16H23N3O2/c1-4-13-6-7-15-14(9-13)12(3)18-19(15)11(2)5-8-16(21)17-10-20/h6-7,9-11,14-15H,4-5,8H2,1-3H3,(H,17,20,21).